The highest BCUT2D eigenvalue weighted by atomic mass is 79.9. The second-order valence-corrected chi connectivity index (χ2v) is 10.3. The highest BCUT2D eigenvalue weighted by Crippen LogP contribution is 2.71. The molecule has 1 N–H and O–H groups in total. The summed E-state index contributed by atoms with van der Waals surface area (Å²) in [6.07, 6.45) is 1.97. The topological polar surface area (TPSA) is 67.8 Å². The average Bonchev–Trinajstić information content (AvgIpc) is 3.04. The van der Waals surface area contributed by atoms with Crippen molar-refractivity contribution in [2.45, 2.75) is 40.0 Å². The molecule has 0 heterocycles. The number of nitrogens with zero attached hydrogens (tertiary/aromatic N) is 1. The summed E-state index contributed by atoms with van der Waals surface area (Å²) in [6, 6.07) is 14.3. The number of anilines is 1. The Morgan fingerprint density at radius 2 is 1.74 bits per heavy atom. The summed E-state index contributed by atoms with van der Waals surface area (Å²) in [5.41, 5.74) is 0.380. The summed E-state index contributed by atoms with van der Waals surface area (Å²) < 4.78 is 0.648. The minimum absolute atomic E-state index is 0.0725. The van der Waals surface area contributed by atoms with Gasteiger partial charge in [0.15, 0.2) is 0 Å². The summed E-state index contributed by atoms with van der Waals surface area (Å²) in [5.74, 6) is -0.602. The van der Waals surface area contributed by atoms with E-state index in [4.69, 9.17) is 16.4 Å². The van der Waals surface area contributed by atoms with Gasteiger partial charge in [-0.05, 0) is 58.5 Å². The first-order valence-corrected chi connectivity index (χ1v) is 11.4. The number of carbonyl (C=O) groups is 2. The molecule has 1 amide bonds. The third kappa shape index (κ3) is 3.31. The van der Waals surface area contributed by atoms with Gasteiger partial charge >= 0.3 is 5.97 Å². The number of para-hydroxylation sites is 1. The van der Waals surface area contributed by atoms with Gasteiger partial charge in [0.25, 0.3) is 0 Å². The molecule has 2 bridgehead atoms. The second-order valence-electron chi connectivity index (χ2n) is 9.05. The summed E-state index contributed by atoms with van der Waals surface area (Å²) in [4.78, 5) is 31.4. The number of amides is 1. The number of rotatable bonds is 4. The van der Waals surface area contributed by atoms with Crippen molar-refractivity contribution in [2.24, 2.45) is 21.4 Å². The molecule has 2 saturated carbocycles. The highest BCUT2D eigenvalue weighted by Gasteiger charge is 2.71. The molecule has 31 heavy (non-hydrogen) atoms. The highest BCUT2D eigenvalue weighted by molar-refractivity contribution is 9.10. The Bertz CT molecular complexity index is 1100. The molecule has 2 fully saturated rings. The van der Waals surface area contributed by atoms with Crippen molar-refractivity contribution in [3.05, 3.63) is 63.6 Å². The fourth-order valence-electron chi connectivity index (χ4n) is 5.10. The Balaban J connectivity index is 1.61. The molecule has 7 heteroatoms. The van der Waals surface area contributed by atoms with Crippen LogP contribution in [0.2, 0.25) is 5.02 Å². The molecular formula is C24H24BrClN2O3. The lowest BCUT2D eigenvalue weighted by molar-refractivity contribution is -0.130. The maximum absolute atomic E-state index is 13.5. The molecule has 162 valence electrons. The first-order valence-electron chi connectivity index (χ1n) is 10.2. The van der Waals surface area contributed by atoms with E-state index in [1.807, 2.05) is 18.2 Å². The normalized spacial score (nSPS) is 27.3. The molecule has 0 radical (unpaired) electrons. The molecule has 0 spiro atoms. The number of oxime groups is 1. The van der Waals surface area contributed by atoms with Crippen molar-refractivity contribution >= 4 is 50.8 Å². The largest absolute Gasteiger partial charge is 0.366 e. The van der Waals surface area contributed by atoms with Crippen LogP contribution in [0.5, 0.6) is 0 Å². The van der Waals surface area contributed by atoms with Crippen molar-refractivity contribution in [1.29, 1.82) is 0 Å². The van der Waals surface area contributed by atoms with Crippen molar-refractivity contribution < 1.29 is 14.4 Å². The van der Waals surface area contributed by atoms with Crippen LogP contribution >= 0.6 is 27.5 Å². The fraction of sp³-hybridized carbons (Fsp3) is 0.375. The summed E-state index contributed by atoms with van der Waals surface area (Å²) in [7, 11) is 0. The lowest BCUT2D eigenvalue weighted by Crippen LogP contribution is -2.43. The molecule has 0 aromatic heterocycles. The van der Waals surface area contributed by atoms with Gasteiger partial charge in [-0.3, -0.25) is 4.79 Å². The maximum Gasteiger partial charge on any atom is 0.366 e. The summed E-state index contributed by atoms with van der Waals surface area (Å²) in [6.45, 7) is 6.31. The van der Waals surface area contributed by atoms with Crippen LogP contribution in [0.3, 0.4) is 0 Å². The smallest absolute Gasteiger partial charge is 0.324 e. The van der Waals surface area contributed by atoms with E-state index in [1.165, 1.54) is 0 Å². The number of hydrogen-bond acceptors (Lipinski definition) is 4. The summed E-state index contributed by atoms with van der Waals surface area (Å²) in [5, 5.41) is 7.81. The van der Waals surface area contributed by atoms with E-state index in [9.17, 15) is 9.59 Å². The zero-order valence-electron chi connectivity index (χ0n) is 17.7. The van der Waals surface area contributed by atoms with Crippen LogP contribution in [-0.2, 0) is 9.63 Å². The first kappa shape index (κ1) is 22.0. The third-order valence-corrected chi connectivity index (χ3v) is 8.64. The van der Waals surface area contributed by atoms with Crippen LogP contribution in [0, 0.1) is 16.2 Å². The van der Waals surface area contributed by atoms with Crippen LogP contribution in [0.15, 0.2) is 58.2 Å². The van der Waals surface area contributed by atoms with E-state index in [2.05, 4.69) is 47.2 Å². The molecular weight excluding hydrogens is 480 g/mol. The molecule has 2 aliphatic rings. The predicted octanol–water partition coefficient (Wildman–Crippen LogP) is 6.47. The van der Waals surface area contributed by atoms with Crippen LogP contribution in [0.25, 0.3) is 0 Å². The number of halogens is 2. The van der Waals surface area contributed by atoms with E-state index in [1.54, 1.807) is 30.3 Å². The lowest BCUT2D eigenvalue weighted by atomic mass is 9.64. The van der Waals surface area contributed by atoms with E-state index < -0.39 is 11.4 Å². The number of nitrogens with one attached hydrogen (secondary N) is 1. The number of carbonyl (C=O) groups excluding carboxylic acids is 2. The quantitative estimate of drug-likeness (QED) is 0.384. The SMILES string of the molecule is CC12CCC(C(=O)Nc3ccccc3Cl)(C/C1=N\OC(=O)c1ccccc1Br)C2(C)C. The van der Waals surface area contributed by atoms with Gasteiger partial charge < -0.3 is 10.2 Å². The average molecular weight is 504 g/mol. The Morgan fingerprint density at radius 1 is 1.06 bits per heavy atom. The monoisotopic (exact) mass is 502 g/mol. The zero-order chi connectivity index (χ0) is 22.4. The molecule has 2 aromatic rings. The van der Waals surface area contributed by atoms with Gasteiger partial charge in [-0.2, -0.15) is 0 Å². The van der Waals surface area contributed by atoms with Crippen LogP contribution < -0.4 is 5.32 Å². The number of benzene rings is 2. The van der Waals surface area contributed by atoms with E-state index >= 15 is 0 Å². The Labute approximate surface area is 195 Å². The molecule has 5 nitrogen and oxygen atoms in total. The first-order chi connectivity index (χ1) is 14.6. The molecule has 2 atom stereocenters. The molecule has 2 aliphatic carbocycles. The molecule has 0 aliphatic heterocycles. The van der Waals surface area contributed by atoms with Crippen molar-refractivity contribution in [3.63, 3.8) is 0 Å². The third-order valence-electron chi connectivity index (χ3n) is 7.62. The van der Waals surface area contributed by atoms with Crippen molar-refractivity contribution in [2.75, 3.05) is 5.32 Å². The van der Waals surface area contributed by atoms with Gasteiger partial charge in [0.2, 0.25) is 5.91 Å². The van der Waals surface area contributed by atoms with Gasteiger partial charge in [-0.1, -0.05) is 61.8 Å². The Hall–Kier alpha value is -2.18. The van der Waals surface area contributed by atoms with Gasteiger partial charge in [0, 0.05) is 16.3 Å². The van der Waals surface area contributed by atoms with Crippen LogP contribution in [-0.4, -0.2) is 17.6 Å². The minimum atomic E-state index is -0.653. The number of hydrogen-bond donors (Lipinski definition) is 1. The Morgan fingerprint density at radius 3 is 2.45 bits per heavy atom. The van der Waals surface area contributed by atoms with Crippen molar-refractivity contribution in [3.8, 4) is 0 Å². The Kier molecular flexibility index (Phi) is 5.51. The minimum Gasteiger partial charge on any atom is -0.324 e. The fourth-order valence-corrected chi connectivity index (χ4v) is 5.73. The zero-order valence-corrected chi connectivity index (χ0v) is 20.0. The molecule has 4 rings (SSSR count). The summed E-state index contributed by atoms with van der Waals surface area (Å²) >= 11 is 9.62. The van der Waals surface area contributed by atoms with Gasteiger partial charge in [0.1, 0.15) is 0 Å². The molecule has 2 aromatic carbocycles. The molecule has 2 unspecified atom stereocenters. The molecule has 0 saturated heterocycles. The van der Waals surface area contributed by atoms with E-state index in [0.717, 1.165) is 18.6 Å². The standard InChI is InChI=1S/C24H24BrClN2O3/c1-22(2)23(3)12-13-24(22,21(30)27-18-11-7-6-10-17(18)26)14-19(23)28-31-20(29)15-8-4-5-9-16(15)25/h4-11H,12-14H2,1-3H3,(H,27,30)/b28-19+. The van der Waals surface area contributed by atoms with Crippen LogP contribution in [0.4, 0.5) is 5.69 Å². The van der Waals surface area contributed by atoms with E-state index in [-0.39, 0.29) is 16.7 Å². The number of fused-ring (bicyclic) bond motifs is 2. The van der Waals surface area contributed by atoms with E-state index in [0.29, 0.717) is 27.2 Å². The van der Waals surface area contributed by atoms with Gasteiger partial charge in [-0.25, -0.2) is 4.79 Å². The van der Waals surface area contributed by atoms with Crippen molar-refractivity contribution in [1.82, 2.24) is 0 Å². The van der Waals surface area contributed by atoms with Gasteiger partial charge in [-0.15, -0.1) is 0 Å². The lowest BCUT2D eigenvalue weighted by Gasteiger charge is -2.39. The second kappa shape index (κ2) is 7.75. The van der Waals surface area contributed by atoms with Gasteiger partial charge in [0.05, 0.1) is 27.4 Å². The predicted molar refractivity (Wildman–Crippen MR) is 125 cm³/mol. The van der Waals surface area contributed by atoms with Crippen LogP contribution in [0.1, 0.15) is 50.4 Å². The maximum atomic E-state index is 13.5.